The number of halogens is 2. The first kappa shape index (κ1) is 18.3. The minimum absolute atomic E-state index is 0.263. The van der Waals surface area contributed by atoms with Crippen molar-refractivity contribution < 1.29 is 9.47 Å². The van der Waals surface area contributed by atoms with E-state index in [-0.39, 0.29) is 4.49 Å². The maximum Gasteiger partial charge on any atom is 0.119 e. The summed E-state index contributed by atoms with van der Waals surface area (Å²) in [4.78, 5) is 0. The predicted octanol–water partition coefficient (Wildman–Crippen LogP) is 5.52. The zero-order chi connectivity index (χ0) is 15.3. The Kier molecular flexibility index (Phi) is 10.4. The molecule has 0 heterocycles. The van der Waals surface area contributed by atoms with Gasteiger partial charge in [-0.05, 0) is 49.5 Å². The fraction of sp³-hybridized carbons (Fsp3) is 0.529. The molecule has 0 radical (unpaired) electrons. The Labute approximate surface area is 138 Å². The van der Waals surface area contributed by atoms with Crippen LogP contribution in [-0.4, -0.2) is 19.8 Å². The van der Waals surface area contributed by atoms with E-state index in [2.05, 4.69) is 19.1 Å². The summed E-state index contributed by atoms with van der Waals surface area (Å²) in [6, 6.07) is 8.33. The Bertz CT molecular complexity index is 398. The summed E-state index contributed by atoms with van der Waals surface area (Å²) in [5.74, 6) is 0.959. The van der Waals surface area contributed by atoms with Crippen LogP contribution in [0.3, 0.4) is 0 Å². The topological polar surface area (TPSA) is 18.5 Å². The van der Waals surface area contributed by atoms with Crippen LogP contribution in [0.15, 0.2) is 34.8 Å². The third kappa shape index (κ3) is 9.78. The molecule has 1 aromatic carbocycles. The van der Waals surface area contributed by atoms with Crippen LogP contribution in [0, 0.1) is 0 Å². The van der Waals surface area contributed by atoms with Crippen LogP contribution in [0.25, 0.3) is 0 Å². The summed E-state index contributed by atoms with van der Waals surface area (Å²) in [5.41, 5.74) is 1.34. The Morgan fingerprint density at radius 3 is 2.29 bits per heavy atom. The summed E-state index contributed by atoms with van der Waals surface area (Å²) in [6.45, 7) is 4.16. The molecule has 0 amide bonds. The third-order valence-corrected chi connectivity index (χ3v) is 3.45. The van der Waals surface area contributed by atoms with E-state index in [4.69, 9.17) is 32.7 Å². The Morgan fingerprint density at radius 1 is 1.00 bits per heavy atom. The molecule has 0 aliphatic heterocycles. The second-order valence-electron chi connectivity index (χ2n) is 4.83. The third-order valence-electron chi connectivity index (χ3n) is 3.14. The predicted molar refractivity (Wildman–Crippen MR) is 90.4 cm³/mol. The van der Waals surface area contributed by atoms with Gasteiger partial charge < -0.3 is 9.47 Å². The molecule has 0 fully saturated rings. The Morgan fingerprint density at radius 2 is 1.67 bits per heavy atom. The minimum Gasteiger partial charge on any atom is -0.494 e. The van der Waals surface area contributed by atoms with Crippen molar-refractivity contribution in [2.45, 2.75) is 39.0 Å². The van der Waals surface area contributed by atoms with E-state index in [1.54, 1.807) is 6.08 Å². The van der Waals surface area contributed by atoms with Gasteiger partial charge in [-0.25, -0.2) is 0 Å². The average Bonchev–Trinajstić information content (AvgIpc) is 2.49. The summed E-state index contributed by atoms with van der Waals surface area (Å²) >= 11 is 11.0. The minimum atomic E-state index is 0.263. The van der Waals surface area contributed by atoms with E-state index in [0.29, 0.717) is 6.61 Å². The maximum absolute atomic E-state index is 5.71. The number of benzene rings is 1. The summed E-state index contributed by atoms with van der Waals surface area (Å²) in [6.07, 6.45) is 7.15. The highest BCUT2D eigenvalue weighted by atomic mass is 35.5. The number of hydrogen-bond acceptors (Lipinski definition) is 2. The van der Waals surface area contributed by atoms with Crippen molar-refractivity contribution >= 4 is 23.2 Å². The van der Waals surface area contributed by atoms with Gasteiger partial charge in [0.25, 0.3) is 0 Å². The van der Waals surface area contributed by atoms with Crippen molar-refractivity contribution in [3.05, 3.63) is 40.4 Å². The van der Waals surface area contributed by atoms with E-state index >= 15 is 0 Å². The first-order valence-corrected chi connectivity index (χ1v) is 8.28. The molecule has 0 saturated carbocycles. The molecule has 4 heteroatoms. The lowest BCUT2D eigenvalue weighted by Crippen LogP contribution is -1.99. The highest BCUT2D eigenvalue weighted by Crippen LogP contribution is 2.13. The van der Waals surface area contributed by atoms with Crippen LogP contribution in [0.5, 0.6) is 5.75 Å². The van der Waals surface area contributed by atoms with Gasteiger partial charge in [0, 0.05) is 6.61 Å². The molecule has 0 bridgehead atoms. The van der Waals surface area contributed by atoms with Gasteiger partial charge in [-0.3, -0.25) is 0 Å². The standard InChI is InChI=1S/C17H24Cl2O2/c1-2-15-7-9-16(10-8-15)21-13-6-4-3-5-12-20-14-11-17(18)19/h7-11H,2-6,12-14H2,1H3. The quantitative estimate of drug-likeness (QED) is 0.497. The molecule has 1 rings (SSSR count). The first-order chi connectivity index (χ1) is 10.2. The molecule has 0 aromatic heterocycles. The average molecular weight is 331 g/mol. The van der Waals surface area contributed by atoms with Gasteiger partial charge in [0.05, 0.1) is 13.2 Å². The van der Waals surface area contributed by atoms with Crippen LogP contribution >= 0.6 is 23.2 Å². The van der Waals surface area contributed by atoms with Crippen molar-refractivity contribution in [1.29, 1.82) is 0 Å². The summed E-state index contributed by atoms with van der Waals surface area (Å²) in [7, 11) is 0. The van der Waals surface area contributed by atoms with Gasteiger partial charge in [-0.2, -0.15) is 0 Å². The molecule has 0 saturated heterocycles. The lowest BCUT2D eigenvalue weighted by molar-refractivity contribution is 0.156. The van der Waals surface area contributed by atoms with Crippen LogP contribution in [-0.2, 0) is 11.2 Å². The smallest absolute Gasteiger partial charge is 0.119 e. The molecule has 0 unspecified atom stereocenters. The van der Waals surface area contributed by atoms with Crippen molar-refractivity contribution in [2.75, 3.05) is 19.8 Å². The molecule has 0 aliphatic carbocycles. The maximum atomic E-state index is 5.71. The van der Waals surface area contributed by atoms with Crippen LogP contribution in [0.1, 0.15) is 38.2 Å². The van der Waals surface area contributed by atoms with Crippen molar-refractivity contribution in [2.24, 2.45) is 0 Å². The monoisotopic (exact) mass is 330 g/mol. The first-order valence-electron chi connectivity index (χ1n) is 7.53. The van der Waals surface area contributed by atoms with Gasteiger partial charge in [-0.1, -0.05) is 48.7 Å². The largest absolute Gasteiger partial charge is 0.494 e. The molecule has 0 N–H and O–H groups in total. The number of unbranched alkanes of at least 4 members (excludes halogenated alkanes) is 3. The highest BCUT2D eigenvalue weighted by Gasteiger charge is 1.95. The van der Waals surface area contributed by atoms with Gasteiger partial charge in [-0.15, -0.1) is 0 Å². The number of ether oxygens (including phenoxy) is 2. The molecular formula is C17H24Cl2O2. The highest BCUT2D eigenvalue weighted by molar-refractivity contribution is 6.55. The Balaban J connectivity index is 1.93. The van der Waals surface area contributed by atoms with Crippen molar-refractivity contribution in [3.63, 3.8) is 0 Å². The summed E-state index contributed by atoms with van der Waals surface area (Å²) in [5, 5.41) is 0. The van der Waals surface area contributed by atoms with E-state index in [1.807, 2.05) is 12.1 Å². The molecule has 21 heavy (non-hydrogen) atoms. The lowest BCUT2D eigenvalue weighted by atomic mass is 10.2. The van der Waals surface area contributed by atoms with E-state index in [0.717, 1.165) is 51.1 Å². The molecule has 118 valence electrons. The fourth-order valence-corrected chi connectivity index (χ4v) is 2.00. The van der Waals surface area contributed by atoms with Gasteiger partial charge in [0.2, 0.25) is 0 Å². The van der Waals surface area contributed by atoms with E-state index in [1.165, 1.54) is 5.56 Å². The fourth-order valence-electron chi connectivity index (χ4n) is 1.88. The molecule has 2 nitrogen and oxygen atoms in total. The Hall–Kier alpha value is -0.700. The molecule has 0 aliphatic rings. The number of aryl methyl sites for hydroxylation is 1. The van der Waals surface area contributed by atoms with Crippen molar-refractivity contribution in [3.8, 4) is 5.75 Å². The van der Waals surface area contributed by atoms with Crippen LogP contribution in [0.4, 0.5) is 0 Å². The van der Waals surface area contributed by atoms with Crippen LogP contribution < -0.4 is 4.74 Å². The van der Waals surface area contributed by atoms with Crippen molar-refractivity contribution in [1.82, 2.24) is 0 Å². The van der Waals surface area contributed by atoms with E-state index in [9.17, 15) is 0 Å². The second-order valence-corrected chi connectivity index (χ2v) is 5.84. The van der Waals surface area contributed by atoms with Gasteiger partial charge in [0.1, 0.15) is 10.2 Å². The lowest BCUT2D eigenvalue weighted by Gasteiger charge is -2.07. The number of rotatable bonds is 11. The van der Waals surface area contributed by atoms with Gasteiger partial charge in [0.15, 0.2) is 0 Å². The van der Waals surface area contributed by atoms with E-state index < -0.39 is 0 Å². The molecule has 1 aromatic rings. The molecule has 0 atom stereocenters. The van der Waals surface area contributed by atoms with Crippen LogP contribution in [0.2, 0.25) is 0 Å². The second kappa shape index (κ2) is 11.9. The summed E-state index contributed by atoms with van der Waals surface area (Å²) < 4.78 is 11.3. The normalized spacial score (nSPS) is 10.4. The number of hydrogen-bond donors (Lipinski definition) is 0. The zero-order valence-corrected chi connectivity index (χ0v) is 14.1. The molecule has 0 spiro atoms. The van der Waals surface area contributed by atoms with Gasteiger partial charge >= 0.3 is 0 Å². The SMILES string of the molecule is CCc1ccc(OCCCCCCOCC=C(Cl)Cl)cc1. The molecular weight excluding hydrogens is 307 g/mol. The zero-order valence-electron chi connectivity index (χ0n) is 12.6.